The third-order valence-electron chi connectivity index (χ3n) is 5.05. The van der Waals surface area contributed by atoms with Gasteiger partial charge >= 0.3 is 0 Å². The Balaban J connectivity index is 1.56. The Morgan fingerprint density at radius 1 is 0.800 bits per heavy atom. The molecule has 5 heteroatoms. The molecule has 0 saturated carbocycles. The topological polar surface area (TPSA) is 43.2 Å². The van der Waals surface area contributed by atoms with E-state index in [0.717, 1.165) is 30.9 Å². The fraction of sp³-hybridized carbons (Fsp3) is 0.200. The molecule has 30 heavy (non-hydrogen) atoms. The van der Waals surface area contributed by atoms with Crippen LogP contribution in [0.1, 0.15) is 22.3 Å². The molecule has 0 radical (unpaired) electrons. The van der Waals surface area contributed by atoms with Gasteiger partial charge in [-0.2, -0.15) is 5.10 Å². The molecule has 2 heterocycles. The van der Waals surface area contributed by atoms with Gasteiger partial charge in [-0.05, 0) is 47.0 Å². The predicted octanol–water partition coefficient (Wildman–Crippen LogP) is 4.54. The van der Waals surface area contributed by atoms with Crippen molar-refractivity contribution in [1.29, 1.82) is 0 Å². The molecule has 5 nitrogen and oxygen atoms in total. The zero-order valence-corrected chi connectivity index (χ0v) is 17.2. The molecule has 0 spiro atoms. The maximum atomic E-state index is 5.58. The average molecular weight is 399 g/mol. The Morgan fingerprint density at radius 3 is 2.23 bits per heavy atom. The predicted molar refractivity (Wildman–Crippen MR) is 118 cm³/mol. The molecule has 2 aromatic carbocycles. The van der Waals surface area contributed by atoms with Crippen molar-refractivity contribution in [2.45, 2.75) is 26.2 Å². The number of rotatable bonds is 9. The number of aromatic nitrogens is 3. The van der Waals surface area contributed by atoms with Crippen molar-refractivity contribution in [2.75, 3.05) is 7.11 Å². The van der Waals surface area contributed by atoms with Crippen LogP contribution in [0.5, 0.6) is 5.75 Å². The highest BCUT2D eigenvalue weighted by Crippen LogP contribution is 2.23. The van der Waals surface area contributed by atoms with E-state index in [2.05, 4.69) is 75.6 Å². The lowest BCUT2D eigenvalue weighted by molar-refractivity contribution is 0.247. The number of hydrogen-bond acceptors (Lipinski definition) is 4. The van der Waals surface area contributed by atoms with E-state index < -0.39 is 0 Å². The van der Waals surface area contributed by atoms with Crippen LogP contribution in [-0.2, 0) is 26.2 Å². The van der Waals surface area contributed by atoms with Gasteiger partial charge in [0.2, 0.25) is 0 Å². The Hall–Kier alpha value is -3.44. The molecule has 0 bridgehead atoms. The van der Waals surface area contributed by atoms with Crippen molar-refractivity contribution in [3.8, 4) is 5.75 Å². The summed E-state index contributed by atoms with van der Waals surface area (Å²) in [6.45, 7) is 3.27. The van der Waals surface area contributed by atoms with Crippen LogP contribution >= 0.6 is 0 Å². The molecule has 0 unspecified atom stereocenters. The number of pyridine rings is 1. The first-order valence-electron chi connectivity index (χ1n) is 10.1. The van der Waals surface area contributed by atoms with Crippen molar-refractivity contribution < 1.29 is 4.74 Å². The van der Waals surface area contributed by atoms with Crippen molar-refractivity contribution in [2.24, 2.45) is 0 Å². The van der Waals surface area contributed by atoms with Gasteiger partial charge in [0.05, 0.1) is 13.7 Å². The second kappa shape index (κ2) is 9.85. The van der Waals surface area contributed by atoms with Crippen LogP contribution in [0.3, 0.4) is 0 Å². The molecular formula is C25H26N4O. The highest BCUT2D eigenvalue weighted by molar-refractivity contribution is 5.37. The van der Waals surface area contributed by atoms with Crippen molar-refractivity contribution in [3.63, 3.8) is 0 Å². The minimum Gasteiger partial charge on any atom is -0.496 e. The van der Waals surface area contributed by atoms with E-state index in [1.165, 1.54) is 16.7 Å². The molecule has 0 aliphatic carbocycles. The molecule has 0 atom stereocenters. The highest BCUT2D eigenvalue weighted by atomic mass is 16.5. The molecule has 2 aromatic heterocycles. The number of methoxy groups -OCH3 is 1. The van der Waals surface area contributed by atoms with Crippen LogP contribution in [0.4, 0.5) is 0 Å². The summed E-state index contributed by atoms with van der Waals surface area (Å²) in [6, 6.07) is 23.1. The maximum absolute atomic E-state index is 5.58. The standard InChI is InChI=1S/C25H26N4O/c1-30-25-9-8-23(16-24(25)20-29-15-5-12-27-29)19-28(17-21-6-3-2-4-7-21)18-22-10-13-26-14-11-22/h2-16H,17-20H2,1H3. The lowest BCUT2D eigenvalue weighted by atomic mass is 10.1. The summed E-state index contributed by atoms with van der Waals surface area (Å²) in [4.78, 5) is 6.59. The molecular weight excluding hydrogens is 372 g/mol. The second-order valence-electron chi connectivity index (χ2n) is 7.34. The minimum absolute atomic E-state index is 0.688. The van der Waals surface area contributed by atoms with E-state index >= 15 is 0 Å². The summed E-state index contributed by atoms with van der Waals surface area (Å²) < 4.78 is 7.50. The largest absolute Gasteiger partial charge is 0.496 e. The summed E-state index contributed by atoms with van der Waals surface area (Å²) in [5, 5.41) is 4.33. The second-order valence-corrected chi connectivity index (χ2v) is 7.34. The molecule has 0 aliphatic heterocycles. The van der Waals surface area contributed by atoms with E-state index in [0.29, 0.717) is 6.54 Å². The van der Waals surface area contributed by atoms with E-state index in [1.54, 1.807) is 13.3 Å². The monoisotopic (exact) mass is 398 g/mol. The van der Waals surface area contributed by atoms with Gasteiger partial charge in [-0.25, -0.2) is 0 Å². The molecule has 0 amide bonds. The third kappa shape index (κ3) is 5.33. The lowest BCUT2D eigenvalue weighted by Crippen LogP contribution is -2.22. The Labute approximate surface area is 177 Å². The Morgan fingerprint density at radius 2 is 1.53 bits per heavy atom. The van der Waals surface area contributed by atoms with Gasteiger partial charge in [-0.1, -0.05) is 36.4 Å². The van der Waals surface area contributed by atoms with Crippen molar-refractivity contribution >= 4 is 0 Å². The van der Waals surface area contributed by atoms with Crippen LogP contribution in [0.15, 0.2) is 91.5 Å². The van der Waals surface area contributed by atoms with Gasteiger partial charge in [-0.3, -0.25) is 14.6 Å². The first-order valence-corrected chi connectivity index (χ1v) is 10.1. The van der Waals surface area contributed by atoms with Crippen LogP contribution in [0, 0.1) is 0 Å². The van der Waals surface area contributed by atoms with E-state index in [1.807, 2.05) is 29.3 Å². The van der Waals surface area contributed by atoms with Crippen LogP contribution in [0.25, 0.3) is 0 Å². The fourth-order valence-electron chi connectivity index (χ4n) is 3.64. The zero-order chi connectivity index (χ0) is 20.6. The lowest BCUT2D eigenvalue weighted by Gasteiger charge is -2.23. The molecule has 0 aliphatic rings. The number of ether oxygens (including phenoxy) is 1. The third-order valence-corrected chi connectivity index (χ3v) is 5.05. The molecule has 4 rings (SSSR count). The number of hydrogen-bond donors (Lipinski definition) is 0. The van der Waals surface area contributed by atoms with Crippen molar-refractivity contribution in [3.05, 3.63) is 114 Å². The minimum atomic E-state index is 0.688. The first kappa shape index (κ1) is 19.9. The van der Waals surface area contributed by atoms with Gasteiger partial charge in [0.1, 0.15) is 5.75 Å². The molecule has 0 N–H and O–H groups in total. The Kier molecular flexibility index (Phi) is 6.52. The highest BCUT2D eigenvalue weighted by Gasteiger charge is 2.11. The van der Waals surface area contributed by atoms with Crippen LogP contribution < -0.4 is 4.74 Å². The SMILES string of the molecule is COc1ccc(CN(Cc2ccccc2)Cc2ccncc2)cc1Cn1cccn1. The van der Waals surface area contributed by atoms with Gasteiger partial charge < -0.3 is 4.74 Å². The van der Waals surface area contributed by atoms with E-state index in [9.17, 15) is 0 Å². The van der Waals surface area contributed by atoms with Gasteiger partial charge in [0, 0.05) is 50.0 Å². The molecule has 0 fully saturated rings. The zero-order valence-electron chi connectivity index (χ0n) is 17.2. The summed E-state index contributed by atoms with van der Waals surface area (Å²) in [7, 11) is 1.72. The fourth-order valence-corrected chi connectivity index (χ4v) is 3.64. The smallest absolute Gasteiger partial charge is 0.123 e. The molecule has 4 aromatic rings. The normalized spacial score (nSPS) is 11.0. The maximum Gasteiger partial charge on any atom is 0.123 e. The Bertz CT molecular complexity index is 992. The summed E-state index contributed by atoms with van der Waals surface area (Å²) in [5.41, 5.74) is 4.94. The first-order chi connectivity index (χ1) is 14.8. The quantitative estimate of drug-likeness (QED) is 0.415. The molecule has 0 saturated heterocycles. The number of nitrogens with zero attached hydrogens (tertiary/aromatic N) is 4. The summed E-state index contributed by atoms with van der Waals surface area (Å²) in [5.74, 6) is 0.887. The van der Waals surface area contributed by atoms with Gasteiger partial charge in [-0.15, -0.1) is 0 Å². The number of benzene rings is 2. The average Bonchev–Trinajstić information content (AvgIpc) is 3.28. The van der Waals surface area contributed by atoms with Gasteiger partial charge in [0.25, 0.3) is 0 Å². The van der Waals surface area contributed by atoms with E-state index in [4.69, 9.17) is 4.74 Å². The van der Waals surface area contributed by atoms with Gasteiger partial charge in [0.15, 0.2) is 0 Å². The van der Waals surface area contributed by atoms with Crippen LogP contribution in [0.2, 0.25) is 0 Å². The van der Waals surface area contributed by atoms with E-state index in [-0.39, 0.29) is 0 Å². The summed E-state index contributed by atoms with van der Waals surface area (Å²) in [6.07, 6.45) is 7.47. The van der Waals surface area contributed by atoms with Crippen molar-refractivity contribution in [1.82, 2.24) is 19.7 Å². The summed E-state index contributed by atoms with van der Waals surface area (Å²) >= 11 is 0. The molecule has 152 valence electrons. The van der Waals surface area contributed by atoms with Crippen LogP contribution in [-0.4, -0.2) is 26.8 Å².